The highest BCUT2D eigenvalue weighted by Crippen LogP contribution is 2.32. The zero-order valence-corrected chi connectivity index (χ0v) is 13.6. The molecule has 0 saturated heterocycles. The fraction of sp³-hybridized carbons (Fsp3) is 0.750. The van der Waals surface area contributed by atoms with E-state index in [4.69, 9.17) is 9.63 Å². The lowest BCUT2D eigenvalue weighted by molar-refractivity contribution is -0.142. The van der Waals surface area contributed by atoms with E-state index in [1.807, 2.05) is 6.92 Å². The van der Waals surface area contributed by atoms with Crippen LogP contribution in [0.15, 0.2) is 4.52 Å². The molecular formula is C16H25N3O4. The molecule has 2 rings (SSSR count). The number of hydrogen-bond donors (Lipinski definition) is 2. The van der Waals surface area contributed by atoms with E-state index < -0.39 is 12.0 Å². The van der Waals surface area contributed by atoms with E-state index >= 15 is 0 Å². The minimum Gasteiger partial charge on any atom is -0.480 e. The van der Waals surface area contributed by atoms with E-state index in [1.165, 1.54) is 12.8 Å². The number of nitrogens with zero attached hydrogens (tertiary/aromatic N) is 2. The van der Waals surface area contributed by atoms with Gasteiger partial charge in [-0.25, -0.2) is 4.79 Å². The molecule has 0 aromatic carbocycles. The topological polar surface area (TPSA) is 105 Å². The average molecular weight is 323 g/mol. The molecule has 0 bridgehead atoms. The van der Waals surface area contributed by atoms with E-state index in [1.54, 1.807) is 0 Å². The smallest absolute Gasteiger partial charge is 0.326 e. The summed E-state index contributed by atoms with van der Waals surface area (Å²) in [6, 6.07) is -0.820. The van der Waals surface area contributed by atoms with Crippen LogP contribution in [0, 0.1) is 0 Å². The second-order valence-corrected chi connectivity index (χ2v) is 6.13. The highest BCUT2D eigenvalue weighted by Gasteiger charge is 2.23. The van der Waals surface area contributed by atoms with Crippen molar-refractivity contribution in [2.75, 3.05) is 0 Å². The van der Waals surface area contributed by atoms with E-state index in [9.17, 15) is 9.59 Å². The molecule has 1 saturated carbocycles. The molecule has 0 spiro atoms. The van der Waals surface area contributed by atoms with Gasteiger partial charge in [-0.05, 0) is 19.3 Å². The number of rotatable bonds is 9. The molecule has 0 radical (unpaired) electrons. The molecule has 1 fully saturated rings. The van der Waals surface area contributed by atoms with Crippen LogP contribution < -0.4 is 5.32 Å². The van der Waals surface area contributed by atoms with Gasteiger partial charge >= 0.3 is 5.97 Å². The Kier molecular flexibility index (Phi) is 6.55. The molecule has 0 unspecified atom stereocenters. The number of unbranched alkanes of at least 4 members (excludes halogenated alkanes) is 1. The molecule has 0 aliphatic heterocycles. The van der Waals surface area contributed by atoms with E-state index in [2.05, 4.69) is 15.5 Å². The van der Waals surface area contributed by atoms with Gasteiger partial charge in [0.1, 0.15) is 6.04 Å². The van der Waals surface area contributed by atoms with Crippen molar-refractivity contribution >= 4 is 11.9 Å². The monoisotopic (exact) mass is 323 g/mol. The summed E-state index contributed by atoms with van der Waals surface area (Å²) < 4.78 is 5.19. The molecule has 7 heteroatoms. The third-order valence-electron chi connectivity index (χ3n) is 4.25. The predicted molar refractivity (Wildman–Crippen MR) is 82.9 cm³/mol. The van der Waals surface area contributed by atoms with Crippen molar-refractivity contribution in [1.29, 1.82) is 0 Å². The fourth-order valence-electron chi connectivity index (χ4n) is 2.87. The molecule has 7 nitrogen and oxygen atoms in total. The van der Waals surface area contributed by atoms with Gasteiger partial charge in [0.15, 0.2) is 5.82 Å². The Labute approximate surface area is 135 Å². The SMILES string of the molecule is CCCC[C@H](NC(=O)CCc1nc(C2CCCC2)no1)C(=O)O. The van der Waals surface area contributed by atoms with Gasteiger partial charge in [0, 0.05) is 18.8 Å². The normalized spacial score (nSPS) is 16.4. The Morgan fingerprint density at radius 3 is 2.78 bits per heavy atom. The van der Waals surface area contributed by atoms with Crippen molar-refractivity contribution in [3.8, 4) is 0 Å². The molecule has 1 amide bonds. The van der Waals surface area contributed by atoms with Gasteiger partial charge in [-0.1, -0.05) is 37.8 Å². The minimum absolute atomic E-state index is 0.155. The largest absolute Gasteiger partial charge is 0.480 e. The van der Waals surface area contributed by atoms with Crippen LogP contribution in [0.1, 0.15) is 75.9 Å². The molecular weight excluding hydrogens is 298 g/mol. The molecule has 1 aromatic heterocycles. The first kappa shape index (κ1) is 17.4. The second kappa shape index (κ2) is 8.64. The third kappa shape index (κ3) is 5.33. The lowest BCUT2D eigenvalue weighted by atomic mass is 10.1. The lowest BCUT2D eigenvalue weighted by Gasteiger charge is -2.13. The maximum absolute atomic E-state index is 11.9. The predicted octanol–water partition coefficient (Wildman–Crippen LogP) is 2.42. The highest BCUT2D eigenvalue weighted by molar-refractivity contribution is 5.83. The van der Waals surface area contributed by atoms with Gasteiger partial charge in [0.25, 0.3) is 0 Å². The summed E-state index contributed by atoms with van der Waals surface area (Å²) in [6.07, 6.45) is 7.19. The fourth-order valence-corrected chi connectivity index (χ4v) is 2.87. The van der Waals surface area contributed by atoms with Crippen molar-refractivity contribution < 1.29 is 19.2 Å². The Morgan fingerprint density at radius 1 is 1.39 bits per heavy atom. The van der Waals surface area contributed by atoms with Crippen molar-refractivity contribution in [1.82, 2.24) is 15.5 Å². The number of carboxylic acid groups (broad SMARTS) is 1. The average Bonchev–Trinajstić information content (AvgIpc) is 3.19. The van der Waals surface area contributed by atoms with E-state index in [0.717, 1.165) is 31.5 Å². The number of amides is 1. The number of carbonyl (C=O) groups is 2. The first-order chi connectivity index (χ1) is 11.1. The Bertz CT molecular complexity index is 523. The van der Waals surface area contributed by atoms with Crippen LogP contribution in [0.2, 0.25) is 0 Å². The second-order valence-electron chi connectivity index (χ2n) is 6.13. The van der Waals surface area contributed by atoms with Crippen LogP contribution in [0.4, 0.5) is 0 Å². The van der Waals surface area contributed by atoms with E-state index in [0.29, 0.717) is 24.7 Å². The number of carbonyl (C=O) groups excluding carboxylic acids is 1. The Hall–Kier alpha value is -1.92. The molecule has 1 heterocycles. The minimum atomic E-state index is -0.992. The van der Waals surface area contributed by atoms with Crippen LogP contribution in [-0.2, 0) is 16.0 Å². The van der Waals surface area contributed by atoms with Crippen LogP contribution in [0.5, 0.6) is 0 Å². The van der Waals surface area contributed by atoms with Crippen LogP contribution in [0.25, 0.3) is 0 Å². The number of carboxylic acids is 1. The number of aliphatic carboxylic acids is 1. The number of aromatic nitrogens is 2. The Morgan fingerprint density at radius 2 is 2.13 bits per heavy atom. The standard InChI is InChI=1S/C16H25N3O4/c1-2-3-8-12(16(21)22)17-13(20)9-10-14-18-15(19-23-14)11-6-4-5-7-11/h11-12H,2-10H2,1H3,(H,17,20)(H,21,22)/t12-/m0/s1. The first-order valence-corrected chi connectivity index (χ1v) is 8.44. The molecule has 23 heavy (non-hydrogen) atoms. The number of hydrogen-bond acceptors (Lipinski definition) is 5. The van der Waals surface area contributed by atoms with Gasteiger partial charge in [-0.3, -0.25) is 4.79 Å². The van der Waals surface area contributed by atoms with Gasteiger partial charge in [-0.2, -0.15) is 4.98 Å². The molecule has 1 aliphatic carbocycles. The quantitative estimate of drug-likeness (QED) is 0.723. The number of nitrogens with one attached hydrogen (secondary N) is 1. The van der Waals surface area contributed by atoms with E-state index in [-0.39, 0.29) is 12.3 Å². The summed E-state index contributed by atoms with van der Waals surface area (Å²) in [5, 5.41) is 15.7. The first-order valence-electron chi connectivity index (χ1n) is 8.44. The van der Waals surface area contributed by atoms with Gasteiger partial charge < -0.3 is 14.9 Å². The van der Waals surface area contributed by atoms with Gasteiger partial charge in [0.2, 0.25) is 11.8 Å². The van der Waals surface area contributed by atoms with Crippen LogP contribution in [0.3, 0.4) is 0 Å². The van der Waals surface area contributed by atoms with Crippen molar-refractivity contribution in [3.05, 3.63) is 11.7 Å². The third-order valence-corrected chi connectivity index (χ3v) is 4.25. The van der Waals surface area contributed by atoms with Crippen molar-refractivity contribution in [2.45, 2.75) is 76.7 Å². The maximum atomic E-state index is 11.9. The maximum Gasteiger partial charge on any atom is 0.326 e. The Balaban J connectivity index is 1.78. The number of aryl methyl sites for hydroxylation is 1. The summed E-state index contributed by atoms with van der Waals surface area (Å²) in [7, 11) is 0. The zero-order valence-electron chi connectivity index (χ0n) is 13.6. The van der Waals surface area contributed by atoms with Crippen molar-refractivity contribution in [3.63, 3.8) is 0 Å². The van der Waals surface area contributed by atoms with Crippen LogP contribution in [-0.4, -0.2) is 33.2 Å². The molecule has 1 aliphatic rings. The summed E-state index contributed by atoms with van der Waals surface area (Å²) in [5.41, 5.74) is 0. The zero-order chi connectivity index (χ0) is 16.7. The summed E-state index contributed by atoms with van der Waals surface area (Å²) in [5.74, 6) is 0.278. The highest BCUT2D eigenvalue weighted by atomic mass is 16.5. The molecule has 2 N–H and O–H groups in total. The summed E-state index contributed by atoms with van der Waals surface area (Å²) in [4.78, 5) is 27.4. The molecule has 1 aromatic rings. The summed E-state index contributed by atoms with van der Waals surface area (Å²) >= 11 is 0. The lowest BCUT2D eigenvalue weighted by Crippen LogP contribution is -2.40. The van der Waals surface area contributed by atoms with Crippen molar-refractivity contribution in [2.24, 2.45) is 0 Å². The molecule has 128 valence electrons. The van der Waals surface area contributed by atoms with Gasteiger partial charge in [-0.15, -0.1) is 0 Å². The van der Waals surface area contributed by atoms with Gasteiger partial charge in [0.05, 0.1) is 0 Å². The molecule has 1 atom stereocenters. The van der Waals surface area contributed by atoms with Crippen LogP contribution >= 0.6 is 0 Å². The summed E-state index contributed by atoms with van der Waals surface area (Å²) in [6.45, 7) is 1.98.